The lowest BCUT2D eigenvalue weighted by Crippen LogP contribution is -2.02. The molecule has 0 bridgehead atoms. The molecule has 0 N–H and O–H groups in total. The summed E-state index contributed by atoms with van der Waals surface area (Å²) in [5.74, 6) is 1.42. The van der Waals surface area contributed by atoms with E-state index in [2.05, 4.69) is 63.2 Å². The van der Waals surface area contributed by atoms with E-state index >= 15 is 0 Å². The zero-order chi connectivity index (χ0) is 13.4. The molecule has 0 aromatic heterocycles. The Hall–Kier alpha value is -1.56. The maximum Gasteiger partial charge on any atom is -0.00106 e. The van der Waals surface area contributed by atoms with Crippen molar-refractivity contribution < 1.29 is 0 Å². The molecule has 19 heavy (non-hydrogen) atoms. The van der Waals surface area contributed by atoms with Crippen LogP contribution in [0.1, 0.15) is 49.8 Å². The topological polar surface area (TPSA) is 0 Å². The molecular formula is C19H22. The Morgan fingerprint density at radius 1 is 0.895 bits per heavy atom. The van der Waals surface area contributed by atoms with Gasteiger partial charge in [-0.1, -0.05) is 63.2 Å². The van der Waals surface area contributed by atoms with E-state index in [1.165, 1.54) is 23.1 Å². The monoisotopic (exact) mass is 250 g/mol. The fraction of sp³-hybridized carbons (Fsp3) is 0.368. The van der Waals surface area contributed by atoms with Crippen LogP contribution in [0.3, 0.4) is 0 Å². The van der Waals surface area contributed by atoms with E-state index in [4.69, 9.17) is 0 Å². The molecule has 0 aliphatic heterocycles. The van der Waals surface area contributed by atoms with E-state index in [1.54, 1.807) is 11.1 Å². The summed E-state index contributed by atoms with van der Waals surface area (Å²) in [6.45, 7) is 7.00. The van der Waals surface area contributed by atoms with Crippen LogP contribution in [0.2, 0.25) is 0 Å². The standard InChI is InChI=1S/C19H22/c1-13(2)11-14(3)16-9-6-10-18-17-8-5-4-7-15(17)12-19(16)18/h4-10,13-14H,11-12H2,1-3H3. The minimum absolute atomic E-state index is 0.657. The summed E-state index contributed by atoms with van der Waals surface area (Å²) in [5, 5.41) is 0. The number of benzene rings is 2. The van der Waals surface area contributed by atoms with Crippen molar-refractivity contribution in [3.05, 3.63) is 59.2 Å². The van der Waals surface area contributed by atoms with Crippen molar-refractivity contribution >= 4 is 0 Å². The molecule has 1 unspecified atom stereocenters. The van der Waals surface area contributed by atoms with E-state index in [0.29, 0.717) is 5.92 Å². The van der Waals surface area contributed by atoms with Crippen LogP contribution in [0.25, 0.3) is 11.1 Å². The molecule has 0 heteroatoms. The first-order valence-corrected chi connectivity index (χ1v) is 7.37. The summed E-state index contributed by atoms with van der Waals surface area (Å²) in [6, 6.07) is 15.7. The van der Waals surface area contributed by atoms with E-state index in [9.17, 15) is 0 Å². The quantitative estimate of drug-likeness (QED) is 0.583. The molecule has 1 atom stereocenters. The van der Waals surface area contributed by atoms with Crippen molar-refractivity contribution in [1.82, 2.24) is 0 Å². The van der Waals surface area contributed by atoms with Gasteiger partial charge < -0.3 is 0 Å². The van der Waals surface area contributed by atoms with Crippen LogP contribution in [-0.4, -0.2) is 0 Å². The van der Waals surface area contributed by atoms with Crippen LogP contribution < -0.4 is 0 Å². The summed E-state index contributed by atoms with van der Waals surface area (Å²) >= 11 is 0. The van der Waals surface area contributed by atoms with Gasteiger partial charge in [0.25, 0.3) is 0 Å². The highest BCUT2D eigenvalue weighted by atomic mass is 14.3. The Morgan fingerprint density at radius 2 is 1.63 bits per heavy atom. The molecule has 1 aliphatic carbocycles. The number of hydrogen-bond donors (Lipinski definition) is 0. The molecule has 2 aromatic carbocycles. The Kier molecular flexibility index (Phi) is 3.18. The fourth-order valence-corrected chi connectivity index (χ4v) is 3.48. The molecule has 0 fully saturated rings. The van der Waals surface area contributed by atoms with Crippen LogP contribution in [-0.2, 0) is 6.42 Å². The van der Waals surface area contributed by atoms with E-state index in [-0.39, 0.29) is 0 Å². The van der Waals surface area contributed by atoms with Crippen molar-refractivity contribution in [3.8, 4) is 11.1 Å². The normalized spacial score (nSPS) is 14.3. The number of hydrogen-bond acceptors (Lipinski definition) is 0. The van der Waals surface area contributed by atoms with Crippen LogP contribution in [0, 0.1) is 5.92 Å². The van der Waals surface area contributed by atoms with Crippen molar-refractivity contribution in [2.75, 3.05) is 0 Å². The molecule has 0 nitrogen and oxygen atoms in total. The molecule has 98 valence electrons. The van der Waals surface area contributed by atoms with Crippen molar-refractivity contribution in [3.63, 3.8) is 0 Å². The lowest BCUT2D eigenvalue weighted by atomic mass is 9.87. The van der Waals surface area contributed by atoms with Gasteiger partial charge in [-0.15, -0.1) is 0 Å². The third-order valence-electron chi connectivity index (χ3n) is 4.24. The Morgan fingerprint density at radius 3 is 2.42 bits per heavy atom. The average Bonchev–Trinajstić information content (AvgIpc) is 2.76. The van der Waals surface area contributed by atoms with Gasteiger partial charge in [-0.3, -0.25) is 0 Å². The molecule has 3 rings (SSSR count). The third-order valence-corrected chi connectivity index (χ3v) is 4.24. The molecule has 0 amide bonds. The summed E-state index contributed by atoms with van der Waals surface area (Å²) in [4.78, 5) is 0. The molecule has 0 saturated heterocycles. The van der Waals surface area contributed by atoms with Gasteiger partial charge >= 0.3 is 0 Å². The number of fused-ring (bicyclic) bond motifs is 3. The Balaban J connectivity index is 2.03. The molecule has 0 radical (unpaired) electrons. The van der Waals surface area contributed by atoms with Crippen LogP contribution in [0.15, 0.2) is 42.5 Å². The first-order chi connectivity index (χ1) is 9.16. The first-order valence-electron chi connectivity index (χ1n) is 7.37. The predicted octanol–water partition coefficient (Wildman–Crippen LogP) is 5.41. The van der Waals surface area contributed by atoms with Crippen LogP contribution in [0.5, 0.6) is 0 Å². The molecule has 1 aliphatic rings. The van der Waals surface area contributed by atoms with Gasteiger partial charge in [0, 0.05) is 0 Å². The lowest BCUT2D eigenvalue weighted by Gasteiger charge is -2.18. The molecule has 0 heterocycles. The largest absolute Gasteiger partial charge is 0.0628 e. The van der Waals surface area contributed by atoms with Gasteiger partial charge in [0.1, 0.15) is 0 Å². The molecule has 2 aromatic rings. The number of rotatable bonds is 3. The van der Waals surface area contributed by atoms with Gasteiger partial charge in [0.15, 0.2) is 0 Å². The van der Waals surface area contributed by atoms with Gasteiger partial charge in [-0.05, 0) is 52.5 Å². The second-order valence-electron chi connectivity index (χ2n) is 6.24. The molecular weight excluding hydrogens is 228 g/mol. The summed E-state index contributed by atoms with van der Waals surface area (Å²) in [5.41, 5.74) is 7.51. The first kappa shape index (κ1) is 12.5. The second-order valence-corrected chi connectivity index (χ2v) is 6.24. The highest BCUT2D eigenvalue weighted by molar-refractivity contribution is 5.78. The SMILES string of the molecule is CC(C)CC(C)c1cccc2c1Cc1ccccc1-2. The molecule has 0 saturated carbocycles. The maximum atomic E-state index is 2.37. The Bertz CT molecular complexity index is 593. The molecule has 0 spiro atoms. The average molecular weight is 250 g/mol. The zero-order valence-electron chi connectivity index (χ0n) is 12.1. The minimum atomic E-state index is 0.657. The summed E-state index contributed by atoms with van der Waals surface area (Å²) in [6.07, 6.45) is 2.39. The third kappa shape index (κ3) is 2.20. The Labute approximate surface area is 116 Å². The maximum absolute atomic E-state index is 2.37. The summed E-state index contributed by atoms with van der Waals surface area (Å²) in [7, 11) is 0. The zero-order valence-corrected chi connectivity index (χ0v) is 12.1. The van der Waals surface area contributed by atoms with Gasteiger partial charge in [-0.25, -0.2) is 0 Å². The summed E-state index contributed by atoms with van der Waals surface area (Å²) < 4.78 is 0. The van der Waals surface area contributed by atoms with Crippen molar-refractivity contribution in [1.29, 1.82) is 0 Å². The van der Waals surface area contributed by atoms with Gasteiger partial charge in [0.2, 0.25) is 0 Å². The van der Waals surface area contributed by atoms with Crippen molar-refractivity contribution in [2.24, 2.45) is 5.92 Å². The van der Waals surface area contributed by atoms with Gasteiger partial charge in [0.05, 0.1) is 0 Å². The second kappa shape index (κ2) is 4.85. The highest BCUT2D eigenvalue weighted by Crippen LogP contribution is 2.41. The van der Waals surface area contributed by atoms with E-state index in [1.807, 2.05) is 0 Å². The highest BCUT2D eigenvalue weighted by Gasteiger charge is 2.22. The minimum Gasteiger partial charge on any atom is -0.0628 e. The lowest BCUT2D eigenvalue weighted by molar-refractivity contribution is 0.522. The van der Waals surface area contributed by atoms with E-state index < -0.39 is 0 Å². The van der Waals surface area contributed by atoms with Gasteiger partial charge in [-0.2, -0.15) is 0 Å². The van der Waals surface area contributed by atoms with E-state index in [0.717, 1.165) is 12.3 Å². The fourth-order valence-electron chi connectivity index (χ4n) is 3.48. The van der Waals surface area contributed by atoms with Crippen molar-refractivity contribution in [2.45, 2.75) is 39.5 Å². The smallest absolute Gasteiger partial charge is 0.00106 e. The predicted molar refractivity (Wildman–Crippen MR) is 82.6 cm³/mol. The van der Waals surface area contributed by atoms with Crippen LogP contribution >= 0.6 is 0 Å². The van der Waals surface area contributed by atoms with Crippen LogP contribution in [0.4, 0.5) is 0 Å².